The highest BCUT2D eigenvalue weighted by atomic mass is 32.2. The average Bonchev–Trinajstić information content (AvgIpc) is 2.67. The largest absolute Gasteiger partial charge is 0.370 e. The number of guanidine groups is 1. The number of nitrogens with one attached hydrogen (secondary N) is 1. The number of benzene rings is 2. The van der Waals surface area contributed by atoms with Gasteiger partial charge in [0.1, 0.15) is 0 Å². The average molecular weight is 387 g/mol. The number of aliphatic imine (C=N–C) groups is 1. The lowest BCUT2D eigenvalue weighted by atomic mass is 9.90. The summed E-state index contributed by atoms with van der Waals surface area (Å²) >= 11 is 0. The standard InChI is InChI=1S/C20H26N4O2S/c1-24(2)27(25,26)17-10-5-7-15(13-17)14-22-20(21)23-19-12-6-9-16-8-3-4-11-18(16)19/h5-7,9-10,12-13H,3-4,8,11,14H2,1-2H3,(H3,21,22,23). The molecule has 144 valence electrons. The number of nitrogens with zero attached hydrogens (tertiary/aromatic N) is 2. The Balaban J connectivity index is 1.74. The summed E-state index contributed by atoms with van der Waals surface area (Å²) in [6, 6.07) is 13.0. The van der Waals surface area contributed by atoms with E-state index in [9.17, 15) is 8.42 Å². The molecule has 0 aromatic heterocycles. The van der Waals surface area contributed by atoms with Crippen LogP contribution >= 0.6 is 0 Å². The fourth-order valence-electron chi connectivity index (χ4n) is 3.27. The number of nitrogens with two attached hydrogens (primary N) is 1. The zero-order valence-corrected chi connectivity index (χ0v) is 16.6. The fourth-order valence-corrected chi connectivity index (χ4v) is 4.24. The number of hydrogen-bond donors (Lipinski definition) is 2. The van der Waals surface area contributed by atoms with Crippen molar-refractivity contribution in [1.82, 2.24) is 4.31 Å². The zero-order valence-electron chi connectivity index (χ0n) is 15.8. The van der Waals surface area contributed by atoms with E-state index in [0.717, 1.165) is 24.1 Å². The van der Waals surface area contributed by atoms with Gasteiger partial charge in [-0.25, -0.2) is 17.7 Å². The van der Waals surface area contributed by atoms with Gasteiger partial charge in [-0.3, -0.25) is 0 Å². The molecule has 0 fully saturated rings. The Hall–Kier alpha value is -2.38. The van der Waals surface area contributed by atoms with E-state index < -0.39 is 10.0 Å². The van der Waals surface area contributed by atoms with Crippen molar-refractivity contribution in [3.63, 3.8) is 0 Å². The van der Waals surface area contributed by atoms with E-state index in [1.165, 1.54) is 42.4 Å². The second-order valence-electron chi connectivity index (χ2n) is 6.91. The van der Waals surface area contributed by atoms with E-state index in [2.05, 4.69) is 16.4 Å². The highest BCUT2D eigenvalue weighted by Gasteiger charge is 2.17. The number of anilines is 1. The predicted octanol–water partition coefficient (Wildman–Crippen LogP) is 2.74. The molecule has 0 saturated heterocycles. The van der Waals surface area contributed by atoms with Crippen LogP contribution in [0.15, 0.2) is 52.4 Å². The second-order valence-corrected chi connectivity index (χ2v) is 9.06. The molecule has 27 heavy (non-hydrogen) atoms. The summed E-state index contributed by atoms with van der Waals surface area (Å²) in [6.45, 7) is 0.310. The van der Waals surface area contributed by atoms with Crippen molar-refractivity contribution in [2.75, 3.05) is 19.4 Å². The quantitative estimate of drug-likeness (QED) is 0.611. The molecule has 0 radical (unpaired) electrons. The summed E-state index contributed by atoms with van der Waals surface area (Å²) < 4.78 is 25.7. The van der Waals surface area contributed by atoms with Crippen LogP contribution in [0.4, 0.5) is 5.69 Å². The van der Waals surface area contributed by atoms with Crippen molar-refractivity contribution in [2.45, 2.75) is 37.1 Å². The first-order chi connectivity index (χ1) is 12.9. The highest BCUT2D eigenvalue weighted by Crippen LogP contribution is 2.27. The van der Waals surface area contributed by atoms with Crippen LogP contribution in [0, 0.1) is 0 Å². The molecule has 1 aliphatic rings. The lowest BCUT2D eigenvalue weighted by Gasteiger charge is -2.19. The van der Waals surface area contributed by atoms with E-state index in [-0.39, 0.29) is 4.90 Å². The Bertz CT molecular complexity index is 952. The predicted molar refractivity (Wildman–Crippen MR) is 109 cm³/mol. The molecule has 0 atom stereocenters. The van der Waals surface area contributed by atoms with Gasteiger partial charge in [0, 0.05) is 19.8 Å². The Kier molecular flexibility index (Phi) is 5.82. The Morgan fingerprint density at radius 1 is 1.15 bits per heavy atom. The maximum atomic E-state index is 12.3. The van der Waals surface area contributed by atoms with E-state index in [1.54, 1.807) is 18.2 Å². The summed E-state index contributed by atoms with van der Waals surface area (Å²) in [5.74, 6) is 0.329. The van der Waals surface area contributed by atoms with Gasteiger partial charge in [-0.1, -0.05) is 24.3 Å². The molecule has 0 spiro atoms. The summed E-state index contributed by atoms with van der Waals surface area (Å²) in [7, 11) is -0.426. The number of aryl methyl sites for hydroxylation is 1. The molecular weight excluding hydrogens is 360 g/mol. The SMILES string of the molecule is CN(C)S(=O)(=O)c1cccc(CN=C(N)Nc2cccc3c2CCCC3)c1. The Morgan fingerprint density at radius 2 is 1.89 bits per heavy atom. The monoisotopic (exact) mass is 386 g/mol. The summed E-state index contributed by atoms with van der Waals surface area (Å²) in [6.07, 6.45) is 4.58. The minimum Gasteiger partial charge on any atom is -0.370 e. The van der Waals surface area contributed by atoms with Gasteiger partial charge >= 0.3 is 0 Å². The van der Waals surface area contributed by atoms with Gasteiger partial charge in [-0.2, -0.15) is 0 Å². The molecule has 2 aromatic carbocycles. The van der Waals surface area contributed by atoms with Crippen molar-refractivity contribution in [3.05, 3.63) is 59.2 Å². The minimum atomic E-state index is -3.46. The van der Waals surface area contributed by atoms with Crippen molar-refractivity contribution in [2.24, 2.45) is 10.7 Å². The topological polar surface area (TPSA) is 87.8 Å². The highest BCUT2D eigenvalue weighted by molar-refractivity contribution is 7.89. The Labute approximate surface area is 161 Å². The van der Waals surface area contributed by atoms with Gasteiger partial charge < -0.3 is 11.1 Å². The minimum absolute atomic E-state index is 0.254. The lowest BCUT2D eigenvalue weighted by Crippen LogP contribution is -2.24. The molecule has 6 nitrogen and oxygen atoms in total. The molecule has 0 bridgehead atoms. The van der Waals surface area contributed by atoms with Gasteiger partial charge in [0.15, 0.2) is 5.96 Å². The van der Waals surface area contributed by atoms with Crippen LogP contribution in [0.3, 0.4) is 0 Å². The van der Waals surface area contributed by atoms with E-state index in [1.807, 2.05) is 18.2 Å². The first-order valence-corrected chi connectivity index (χ1v) is 10.5. The molecule has 3 rings (SSSR count). The van der Waals surface area contributed by atoms with Crippen LogP contribution in [0.1, 0.15) is 29.5 Å². The first-order valence-electron chi connectivity index (χ1n) is 9.07. The summed E-state index contributed by atoms with van der Waals surface area (Å²) in [5, 5.41) is 3.20. The molecule has 7 heteroatoms. The molecule has 0 saturated carbocycles. The van der Waals surface area contributed by atoms with Crippen molar-refractivity contribution in [1.29, 1.82) is 0 Å². The third-order valence-electron chi connectivity index (χ3n) is 4.77. The molecule has 0 aliphatic heterocycles. The first kappa shape index (κ1) is 19.4. The summed E-state index contributed by atoms with van der Waals surface area (Å²) in [4.78, 5) is 4.64. The Morgan fingerprint density at radius 3 is 2.67 bits per heavy atom. The van der Waals surface area contributed by atoms with Crippen LogP contribution in [0.25, 0.3) is 0 Å². The molecule has 2 aromatic rings. The van der Waals surface area contributed by atoms with Crippen LogP contribution < -0.4 is 11.1 Å². The van der Waals surface area contributed by atoms with Gasteiger partial charge in [0.05, 0.1) is 11.4 Å². The lowest BCUT2D eigenvalue weighted by molar-refractivity contribution is 0.520. The number of sulfonamides is 1. The van der Waals surface area contributed by atoms with Gasteiger partial charge in [0.2, 0.25) is 10.0 Å². The second kappa shape index (κ2) is 8.10. The molecule has 0 unspecified atom stereocenters. The molecule has 0 heterocycles. The van der Waals surface area contributed by atoms with Gasteiger partial charge in [-0.15, -0.1) is 0 Å². The van der Waals surface area contributed by atoms with Gasteiger partial charge in [-0.05, 0) is 60.6 Å². The smallest absolute Gasteiger partial charge is 0.242 e. The molecular formula is C20H26N4O2S. The van der Waals surface area contributed by atoms with Crippen LogP contribution in [0.5, 0.6) is 0 Å². The van der Waals surface area contributed by atoms with Crippen molar-refractivity contribution < 1.29 is 8.42 Å². The van der Waals surface area contributed by atoms with Crippen LogP contribution in [-0.2, 0) is 29.4 Å². The van der Waals surface area contributed by atoms with E-state index >= 15 is 0 Å². The van der Waals surface area contributed by atoms with Crippen molar-refractivity contribution >= 4 is 21.7 Å². The molecule has 0 amide bonds. The van der Waals surface area contributed by atoms with E-state index in [4.69, 9.17) is 5.73 Å². The number of hydrogen-bond acceptors (Lipinski definition) is 3. The van der Waals surface area contributed by atoms with Gasteiger partial charge in [0.25, 0.3) is 0 Å². The third kappa shape index (κ3) is 4.48. The van der Waals surface area contributed by atoms with Crippen molar-refractivity contribution in [3.8, 4) is 0 Å². The molecule has 3 N–H and O–H groups in total. The third-order valence-corrected chi connectivity index (χ3v) is 6.58. The number of rotatable bonds is 5. The number of fused-ring (bicyclic) bond motifs is 1. The molecule has 1 aliphatic carbocycles. The fraction of sp³-hybridized carbons (Fsp3) is 0.350. The normalized spacial score (nSPS) is 14.9. The maximum absolute atomic E-state index is 12.3. The maximum Gasteiger partial charge on any atom is 0.242 e. The van der Waals surface area contributed by atoms with Crippen LogP contribution in [0.2, 0.25) is 0 Å². The van der Waals surface area contributed by atoms with Crippen LogP contribution in [-0.4, -0.2) is 32.8 Å². The zero-order chi connectivity index (χ0) is 19.4. The van der Waals surface area contributed by atoms with E-state index in [0.29, 0.717) is 12.5 Å². The summed E-state index contributed by atoms with van der Waals surface area (Å²) in [5.41, 5.74) is 10.6.